The van der Waals surface area contributed by atoms with Crippen molar-refractivity contribution in [1.29, 1.82) is 0 Å². The second kappa shape index (κ2) is 9.17. The predicted octanol–water partition coefficient (Wildman–Crippen LogP) is 2.03. The summed E-state index contributed by atoms with van der Waals surface area (Å²) < 4.78 is 0. The van der Waals surface area contributed by atoms with Gasteiger partial charge in [-0.25, -0.2) is 4.98 Å². The Hall–Kier alpha value is -2.41. The summed E-state index contributed by atoms with van der Waals surface area (Å²) in [6.07, 6.45) is 0.876. The zero-order valence-electron chi connectivity index (χ0n) is 15.1. The Morgan fingerprint density at radius 1 is 1.20 bits per heavy atom. The van der Waals surface area contributed by atoms with Crippen molar-refractivity contribution in [2.24, 2.45) is 4.99 Å². The molecule has 1 aromatic carbocycles. The lowest BCUT2D eigenvalue weighted by Gasteiger charge is -2.11. The molecular weight excluding hydrogens is 334 g/mol. The normalized spacial score (nSPS) is 11.3. The number of carbonyl (C=O) groups excluding carboxylic acids is 1. The van der Waals surface area contributed by atoms with E-state index < -0.39 is 0 Å². The smallest absolute Gasteiger partial charge is 0.251 e. The topological polar surface area (TPSA) is 78.4 Å². The first-order valence-electron chi connectivity index (χ1n) is 8.22. The third-order valence-corrected chi connectivity index (χ3v) is 4.96. The van der Waals surface area contributed by atoms with Gasteiger partial charge in [-0.1, -0.05) is 12.1 Å². The molecule has 2 rings (SSSR count). The van der Waals surface area contributed by atoms with Crippen LogP contribution in [-0.4, -0.2) is 37.5 Å². The molecule has 0 atom stereocenters. The highest BCUT2D eigenvalue weighted by atomic mass is 32.1. The van der Waals surface area contributed by atoms with Crippen molar-refractivity contribution in [2.45, 2.75) is 26.8 Å². The highest BCUT2D eigenvalue weighted by Crippen LogP contribution is 2.16. The summed E-state index contributed by atoms with van der Waals surface area (Å²) in [5.74, 6) is 0.671. The Morgan fingerprint density at radius 3 is 2.48 bits per heavy atom. The summed E-state index contributed by atoms with van der Waals surface area (Å²) in [5.41, 5.74) is 2.85. The molecular formula is C18H25N5OS. The van der Waals surface area contributed by atoms with Crippen LogP contribution in [0.5, 0.6) is 0 Å². The molecule has 3 N–H and O–H groups in total. The number of carbonyl (C=O) groups is 1. The van der Waals surface area contributed by atoms with E-state index in [-0.39, 0.29) is 5.91 Å². The van der Waals surface area contributed by atoms with E-state index in [2.05, 4.69) is 32.9 Å². The van der Waals surface area contributed by atoms with Crippen molar-refractivity contribution >= 4 is 23.2 Å². The molecule has 6 nitrogen and oxygen atoms in total. The molecule has 1 amide bonds. The number of aromatic nitrogens is 1. The number of amides is 1. The van der Waals surface area contributed by atoms with Gasteiger partial charge in [0.15, 0.2) is 5.96 Å². The molecule has 1 heterocycles. The molecule has 2 aromatic rings. The largest absolute Gasteiger partial charge is 0.356 e. The molecule has 0 aliphatic heterocycles. The quantitative estimate of drug-likeness (QED) is 0.545. The summed E-state index contributed by atoms with van der Waals surface area (Å²) >= 11 is 1.75. The maximum absolute atomic E-state index is 11.5. The Balaban J connectivity index is 1.79. The van der Waals surface area contributed by atoms with Crippen LogP contribution >= 0.6 is 11.3 Å². The van der Waals surface area contributed by atoms with E-state index in [0.717, 1.165) is 35.2 Å². The molecule has 0 saturated heterocycles. The van der Waals surface area contributed by atoms with Crippen LogP contribution in [0.15, 0.2) is 29.3 Å². The molecule has 0 aliphatic rings. The third-order valence-electron chi connectivity index (χ3n) is 3.83. The second-order valence-electron chi connectivity index (χ2n) is 5.63. The van der Waals surface area contributed by atoms with Gasteiger partial charge in [0.1, 0.15) is 0 Å². The molecule has 0 unspecified atom stereocenters. The lowest BCUT2D eigenvalue weighted by Crippen LogP contribution is -2.37. The van der Waals surface area contributed by atoms with Crippen molar-refractivity contribution in [1.82, 2.24) is 20.9 Å². The van der Waals surface area contributed by atoms with Gasteiger partial charge in [-0.3, -0.25) is 9.79 Å². The number of guanidine groups is 1. The van der Waals surface area contributed by atoms with Gasteiger partial charge in [-0.05, 0) is 31.5 Å². The first-order valence-corrected chi connectivity index (χ1v) is 9.03. The number of benzene rings is 1. The molecule has 0 saturated carbocycles. The van der Waals surface area contributed by atoms with Gasteiger partial charge in [0.25, 0.3) is 5.91 Å². The van der Waals surface area contributed by atoms with E-state index in [4.69, 9.17) is 0 Å². The Bertz CT molecular complexity index is 717. The summed E-state index contributed by atoms with van der Waals surface area (Å²) in [5, 5.41) is 10.3. The number of nitrogens with zero attached hydrogens (tertiary/aromatic N) is 2. The van der Waals surface area contributed by atoms with Crippen LogP contribution < -0.4 is 16.0 Å². The van der Waals surface area contributed by atoms with E-state index >= 15 is 0 Å². The number of rotatable bonds is 6. The maximum Gasteiger partial charge on any atom is 0.251 e. The van der Waals surface area contributed by atoms with E-state index in [0.29, 0.717) is 12.1 Å². The minimum atomic E-state index is -0.0790. The minimum Gasteiger partial charge on any atom is -0.356 e. The van der Waals surface area contributed by atoms with E-state index in [1.165, 1.54) is 4.88 Å². The summed E-state index contributed by atoms with van der Waals surface area (Å²) in [4.78, 5) is 21.6. The average Bonchev–Trinajstić information content (AvgIpc) is 2.95. The van der Waals surface area contributed by atoms with Gasteiger partial charge in [0.2, 0.25) is 0 Å². The Labute approximate surface area is 152 Å². The zero-order chi connectivity index (χ0) is 18.2. The predicted molar refractivity (Wildman–Crippen MR) is 103 cm³/mol. The lowest BCUT2D eigenvalue weighted by molar-refractivity contribution is 0.0963. The highest BCUT2D eigenvalue weighted by Gasteiger charge is 2.05. The van der Waals surface area contributed by atoms with Gasteiger partial charge >= 0.3 is 0 Å². The Morgan fingerprint density at radius 2 is 1.92 bits per heavy atom. The first kappa shape index (κ1) is 18.9. The fraction of sp³-hybridized carbons (Fsp3) is 0.389. The van der Waals surface area contributed by atoms with Gasteiger partial charge in [0, 0.05) is 44.0 Å². The van der Waals surface area contributed by atoms with E-state index in [9.17, 15) is 4.79 Å². The SMILES string of the molecule is CN=C(NCCc1nc(C)c(C)s1)NCc1ccc(C(=O)NC)cc1. The second-order valence-corrected chi connectivity index (χ2v) is 6.92. The van der Waals surface area contributed by atoms with Gasteiger partial charge in [-0.15, -0.1) is 11.3 Å². The van der Waals surface area contributed by atoms with E-state index in [1.807, 2.05) is 31.2 Å². The average molecular weight is 359 g/mol. The van der Waals surface area contributed by atoms with Crippen LogP contribution in [0.2, 0.25) is 0 Å². The lowest BCUT2D eigenvalue weighted by atomic mass is 10.1. The fourth-order valence-electron chi connectivity index (χ4n) is 2.26. The van der Waals surface area contributed by atoms with Crippen molar-refractivity contribution in [3.63, 3.8) is 0 Å². The minimum absolute atomic E-state index is 0.0790. The standard InChI is InChI=1S/C18H25N5OS/c1-12-13(2)25-16(23-12)9-10-21-18(20-4)22-11-14-5-7-15(8-6-14)17(24)19-3/h5-8H,9-11H2,1-4H3,(H,19,24)(H2,20,21,22). The number of nitrogens with one attached hydrogen (secondary N) is 3. The molecule has 0 spiro atoms. The Kier molecular flexibility index (Phi) is 6.94. The van der Waals surface area contributed by atoms with Crippen LogP contribution in [0.1, 0.15) is 31.5 Å². The third kappa shape index (κ3) is 5.56. The van der Waals surface area contributed by atoms with Crippen LogP contribution in [0.4, 0.5) is 0 Å². The summed E-state index contributed by atoms with van der Waals surface area (Å²) in [6, 6.07) is 7.51. The van der Waals surface area contributed by atoms with Gasteiger partial charge in [0.05, 0.1) is 10.7 Å². The molecule has 1 aromatic heterocycles. The number of hydrogen-bond acceptors (Lipinski definition) is 4. The van der Waals surface area contributed by atoms with Crippen molar-refractivity contribution < 1.29 is 4.79 Å². The number of aliphatic imine (C=N–C) groups is 1. The van der Waals surface area contributed by atoms with Crippen molar-refractivity contribution in [3.8, 4) is 0 Å². The maximum atomic E-state index is 11.5. The molecule has 25 heavy (non-hydrogen) atoms. The molecule has 0 aliphatic carbocycles. The molecule has 0 bridgehead atoms. The number of hydrogen-bond donors (Lipinski definition) is 3. The monoisotopic (exact) mass is 359 g/mol. The molecule has 134 valence electrons. The number of aryl methyl sites for hydroxylation is 2. The zero-order valence-corrected chi connectivity index (χ0v) is 16.0. The number of thiazole rings is 1. The van der Waals surface area contributed by atoms with Crippen LogP contribution in [0.3, 0.4) is 0 Å². The van der Waals surface area contributed by atoms with Gasteiger partial charge < -0.3 is 16.0 Å². The van der Waals surface area contributed by atoms with Gasteiger partial charge in [-0.2, -0.15) is 0 Å². The van der Waals surface area contributed by atoms with Crippen molar-refractivity contribution in [2.75, 3.05) is 20.6 Å². The summed E-state index contributed by atoms with van der Waals surface area (Å²) in [7, 11) is 3.38. The molecule has 0 radical (unpaired) electrons. The van der Waals surface area contributed by atoms with E-state index in [1.54, 1.807) is 25.4 Å². The molecule has 0 fully saturated rings. The first-order chi connectivity index (χ1) is 12.0. The van der Waals surface area contributed by atoms with Crippen LogP contribution in [0.25, 0.3) is 0 Å². The van der Waals surface area contributed by atoms with Crippen molar-refractivity contribution in [3.05, 3.63) is 51.0 Å². The fourth-order valence-corrected chi connectivity index (χ4v) is 3.19. The summed E-state index contributed by atoms with van der Waals surface area (Å²) in [6.45, 7) is 5.56. The highest BCUT2D eigenvalue weighted by molar-refractivity contribution is 7.11. The van der Waals surface area contributed by atoms with Crippen LogP contribution in [-0.2, 0) is 13.0 Å². The molecule has 7 heteroatoms. The van der Waals surface area contributed by atoms with Crippen LogP contribution in [0, 0.1) is 13.8 Å².